The molecule has 0 aliphatic carbocycles. The highest BCUT2D eigenvalue weighted by Crippen LogP contribution is 2.24. The van der Waals surface area contributed by atoms with Crippen molar-refractivity contribution in [3.8, 4) is 0 Å². The normalized spacial score (nSPS) is 36.3. The van der Waals surface area contributed by atoms with Crippen LogP contribution in [0.3, 0.4) is 0 Å². The minimum absolute atomic E-state index is 0.426. The van der Waals surface area contributed by atoms with E-state index in [1.165, 1.54) is 0 Å². The van der Waals surface area contributed by atoms with E-state index in [0.29, 0.717) is 6.10 Å². The van der Waals surface area contributed by atoms with E-state index >= 15 is 0 Å². The Balaban J connectivity index is 2.44. The summed E-state index contributed by atoms with van der Waals surface area (Å²) in [6.07, 6.45) is 2.42. The molecule has 1 aliphatic heterocycles. The number of epoxide rings is 1. The third kappa shape index (κ3) is 0.402. The van der Waals surface area contributed by atoms with Gasteiger partial charge in [-0.15, -0.1) is 0 Å². The van der Waals surface area contributed by atoms with E-state index in [1.807, 2.05) is 19.9 Å². The highest BCUT2D eigenvalue weighted by Gasteiger charge is 2.24. The molecule has 1 unspecified atom stereocenters. The Kier molecular flexibility index (Phi) is 0.621. The lowest BCUT2D eigenvalue weighted by atomic mass is 10.4. The summed E-state index contributed by atoms with van der Waals surface area (Å²) in [4.78, 5) is 0. The van der Waals surface area contributed by atoms with Gasteiger partial charge in [-0.25, -0.2) is 0 Å². The molecule has 0 radical (unpaired) electrons. The van der Waals surface area contributed by atoms with Crippen molar-refractivity contribution in [2.24, 2.45) is 0 Å². The molecule has 1 rings (SSSR count). The number of allylic oxidation sites excluding steroid dienone is 1. The van der Waals surface area contributed by atoms with E-state index in [1.54, 1.807) is 0 Å². The Morgan fingerprint density at radius 3 is 2.33 bits per heavy atom. The van der Waals surface area contributed by atoms with Crippen LogP contribution >= 0.6 is 0 Å². The Morgan fingerprint density at radius 1 is 1.83 bits per heavy atom. The first-order chi connectivity index (χ1) is 2.84. The minimum atomic E-state index is 0.426. The molecule has 0 saturated carbocycles. The van der Waals surface area contributed by atoms with Crippen molar-refractivity contribution in [2.45, 2.75) is 20.0 Å². The molecule has 1 saturated heterocycles. The van der Waals surface area contributed by atoms with Crippen LogP contribution in [0.25, 0.3) is 0 Å². The van der Waals surface area contributed by atoms with Crippen molar-refractivity contribution < 1.29 is 4.74 Å². The van der Waals surface area contributed by atoms with Crippen LogP contribution < -0.4 is 0 Å². The first-order valence-electron chi connectivity index (χ1n) is 2.17. The summed E-state index contributed by atoms with van der Waals surface area (Å²) in [6.45, 7) is 4.02. The Hall–Kier alpha value is -0.460. The van der Waals surface area contributed by atoms with Crippen molar-refractivity contribution >= 4 is 0 Å². The Morgan fingerprint density at radius 2 is 2.33 bits per heavy atom. The van der Waals surface area contributed by atoms with Crippen LogP contribution in [-0.4, -0.2) is 6.10 Å². The maximum Gasteiger partial charge on any atom is 0.152 e. The molecule has 6 heavy (non-hydrogen) atoms. The van der Waals surface area contributed by atoms with E-state index in [4.69, 9.17) is 4.74 Å². The van der Waals surface area contributed by atoms with Crippen LogP contribution in [0.15, 0.2) is 11.8 Å². The summed E-state index contributed by atoms with van der Waals surface area (Å²) in [6, 6.07) is 0. The lowest BCUT2D eigenvalue weighted by Gasteiger charge is -1.51. The zero-order chi connectivity index (χ0) is 4.57. The van der Waals surface area contributed by atoms with Gasteiger partial charge in [0.25, 0.3) is 0 Å². The van der Waals surface area contributed by atoms with Gasteiger partial charge in [0.05, 0.1) is 0 Å². The fourth-order valence-electron chi connectivity index (χ4n) is 0.473. The van der Waals surface area contributed by atoms with E-state index in [-0.39, 0.29) is 0 Å². The smallest absolute Gasteiger partial charge is 0.152 e. The van der Waals surface area contributed by atoms with Gasteiger partial charge >= 0.3 is 0 Å². The summed E-state index contributed by atoms with van der Waals surface area (Å²) < 4.78 is 4.93. The third-order valence-electron chi connectivity index (χ3n) is 0.941. The molecule has 1 fully saturated rings. The first-order valence-corrected chi connectivity index (χ1v) is 2.17. The molecule has 0 aromatic heterocycles. The van der Waals surface area contributed by atoms with Crippen LogP contribution in [-0.2, 0) is 4.74 Å². The predicted molar refractivity (Wildman–Crippen MR) is 24.3 cm³/mol. The lowest BCUT2D eigenvalue weighted by molar-refractivity contribution is 0.445. The standard InChI is InChI=1S/C5H8O/c1-3-5-4(2)6-5/h3-4H,1-2H3. The second-order valence-electron chi connectivity index (χ2n) is 1.45. The highest BCUT2D eigenvalue weighted by molar-refractivity contribution is 5.09. The van der Waals surface area contributed by atoms with Gasteiger partial charge < -0.3 is 4.74 Å². The molecule has 0 spiro atoms. The molecule has 1 aliphatic rings. The monoisotopic (exact) mass is 84.1 g/mol. The molecule has 0 amide bonds. The van der Waals surface area contributed by atoms with Crippen LogP contribution in [0, 0.1) is 0 Å². The molecule has 34 valence electrons. The topological polar surface area (TPSA) is 12.5 Å². The summed E-state index contributed by atoms with van der Waals surface area (Å²) in [5, 5.41) is 0. The molecule has 1 heteroatoms. The van der Waals surface area contributed by atoms with Gasteiger partial charge in [0, 0.05) is 0 Å². The van der Waals surface area contributed by atoms with Gasteiger partial charge in [0.2, 0.25) is 0 Å². The van der Waals surface area contributed by atoms with Gasteiger partial charge in [0.15, 0.2) is 6.10 Å². The van der Waals surface area contributed by atoms with Crippen molar-refractivity contribution in [2.75, 3.05) is 0 Å². The van der Waals surface area contributed by atoms with Crippen LogP contribution in [0.4, 0.5) is 0 Å². The summed E-state index contributed by atoms with van der Waals surface area (Å²) in [5.74, 6) is 1.13. The van der Waals surface area contributed by atoms with Crippen LogP contribution in [0.1, 0.15) is 13.8 Å². The molecular formula is C5H8O. The fraction of sp³-hybridized carbons (Fsp3) is 0.600. The number of ether oxygens (including phenoxy) is 1. The zero-order valence-corrected chi connectivity index (χ0v) is 4.06. The van der Waals surface area contributed by atoms with Crippen molar-refractivity contribution in [1.29, 1.82) is 0 Å². The predicted octanol–water partition coefficient (Wildman–Crippen LogP) is 1.31. The molecule has 0 bridgehead atoms. The SMILES string of the molecule is CC=C1OC1C. The van der Waals surface area contributed by atoms with E-state index in [2.05, 4.69) is 0 Å². The van der Waals surface area contributed by atoms with E-state index < -0.39 is 0 Å². The van der Waals surface area contributed by atoms with Crippen LogP contribution in [0.2, 0.25) is 0 Å². The third-order valence-corrected chi connectivity index (χ3v) is 0.941. The maximum atomic E-state index is 4.93. The average Bonchev–Trinajstić information content (AvgIpc) is 2.19. The van der Waals surface area contributed by atoms with Gasteiger partial charge in [-0.1, -0.05) is 0 Å². The summed E-state index contributed by atoms with van der Waals surface area (Å²) >= 11 is 0. The van der Waals surface area contributed by atoms with Crippen molar-refractivity contribution in [3.05, 3.63) is 11.8 Å². The van der Waals surface area contributed by atoms with Gasteiger partial charge in [-0.2, -0.15) is 0 Å². The van der Waals surface area contributed by atoms with Crippen molar-refractivity contribution in [3.63, 3.8) is 0 Å². The van der Waals surface area contributed by atoms with E-state index in [9.17, 15) is 0 Å². The largest absolute Gasteiger partial charge is 0.484 e. The second-order valence-corrected chi connectivity index (χ2v) is 1.45. The Bertz CT molecular complexity index is 83.9. The molecule has 1 nitrogen and oxygen atoms in total. The highest BCUT2D eigenvalue weighted by atomic mass is 16.6. The minimum Gasteiger partial charge on any atom is -0.484 e. The first kappa shape index (κ1) is 3.72. The number of hydrogen-bond donors (Lipinski definition) is 0. The molecule has 0 aromatic carbocycles. The molecule has 0 aromatic rings. The van der Waals surface area contributed by atoms with Crippen molar-refractivity contribution in [1.82, 2.24) is 0 Å². The maximum absolute atomic E-state index is 4.93. The summed E-state index contributed by atoms with van der Waals surface area (Å²) in [5.41, 5.74) is 0. The quantitative estimate of drug-likeness (QED) is 0.403. The summed E-state index contributed by atoms with van der Waals surface area (Å²) in [7, 11) is 0. The fourth-order valence-corrected chi connectivity index (χ4v) is 0.473. The van der Waals surface area contributed by atoms with Gasteiger partial charge in [-0.3, -0.25) is 0 Å². The Labute approximate surface area is 37.6 Å². The average molecular weight is 84.1 g/mol. The molecule has 1 atom stereocenters. The second kappa shape index (κ2) is 1.00. The van der Waals surface area contributed by atoms with E-state index in [0.717, 1.165) is 5.76 Å². The zero-order valence-electron chi connectivity index (χ0n) is 4.06. The van der Waals surface area contributed by atoms with Gasteiger partial charge in [-0.05, 0) is 19.9 Å². The lowest BCUT2D eigenvalue weighted by Crippen LogP contribution is -1.60. The number of rotatable bonds is 0. The van der Waals surface area contributed by atoms with Crippen LogP contribution in [0.5, 0.6) is 0 Å². The number of hydrogen-bond acceptors (Lipinski definition) is 1. The van der Waals surface area contributed by atoms with Gasteiger partial charge in [0.1, 0.15) is 5.76 Å². The molecule has 1 heterocycles. The molecule has 0 N–H and O–H groups in total. The molecular weight excluding hydrogens is 76.1 g/mol.